The number of benzene rings is 2. The van der Waals surface area contributed by atoms with Gasteiger partial charge in [-0.15, -0.1) is 0 Å². The summed E-state index contributed by atoms with van der Waals surface area (Å²) < 4.78 is 12.0. The molecule has 0 bridgehead atoms. The Kier molecular flexibility index (Phi) is 8.67. The summed E-state index contributed by atoms with van der Waals surface area (Å²) >= 11 is 3.33. The zero-order chi connectivity index (χ0) is 24.0. The summed E-state index contributed by atoms with van der Waals surface area (Å²) in [6.45, 7) is 5.99. The van der Waals surface area contributed by atoms with E-state index in [2.05, 4.69) is 42.0 Å². The Labute approximate surface area is 203 Å². The molecule has 1 saturated carbocycles. The van der Waals surface area contributed by atoms with Gasteiger partial charge in [0.05, 0.1) is 11.1 Å². The first kappa shape index (κ1) is 25.0. The Balaban J connectivity index is 1.63. The molecule has 3 rings (SSSR count). The van der Waals surface area contributed by atoms with Crippen LogP contribution in [0.15, 0.2) is 53.0 Å². The Morgan fingerprint density at radius 2 is 1.64 bits per heavy atom. The first-order chi connectivity index (χ1) is 15.7. The van der Waals surface area contributed by atoms with E-state index < -0.39 is 24.5 Å². The lowest BCUT2D eigenvalue weighted by Gasteiger charge is -2.36. The van der Waals surface area contributed by atoms with E-state index in [1.54, 1.807) is 42.5 Å². The van der Waals surface area contributed by atoms with E-state index >= 15 is 0 Å². The van der Waals surface area contributed by atoms with E-state index in [1.165, 1.54) is 6.07 Å². The lowest BCUT2D eigenvalue weighted by Crippen LogP contribution is -2.36. The van der Waals surface area contributed by atoms with Crippen LogP contribution in [0.4, 0.5) is 5.69 Å². The predicted octanol–water partition coefficient (Wildman–Crippen LogP) is 5.86. The molecular formula is C26H30BrNO5. The summed E-state index contributed by atoms with van der Waals surface area (Å²) in [7, 11) is 0. The van der Waals surface area contributed by atoms with Crippen LogP contribution in [0.1, 0.15) is 60.7 Å². The van der Waals surface area contributed by atoms with Crippen LogP contribution in [-0.4, -0.2) is 30.6 Å². The summed E-state index contributed by atoms with van der Waals surface area (Å²) in [6, 6.07) is 13.4. The van der Waals surface area contributed by atoms with Gasteiger partial charge >= 0.3 is 11.9 Å². The van der Waals surface area contributed by atoms with Gasteiger partial charge in [0.1, 0.15) is 6.10 Å². The van der Waals surface area contributed by atoms with Crippen LogP contribution in [0.5, 0.6) is 0 Å². The maximum atomic E-state index is 13.0. The number of halogens is 1. The van der Waals surface area contributed by atoms with Gasteiger partial charge in [-0.25, -0.2) is 9.59 Å². The van der Waals surface area contributed by atoms with Gasteiger partial charge in [0.2, 0.25) is 0 Å². The fourth-order valence-corrected chi connectivity index (χ4v) is 4.49. The summed E-state index contributed by atoms with van der Waals surface area (Å²) in [4.78, 5) is 37.8. The first-order valence-corrected chi connectivity index (χ1v) is 12.1. The topological polar surface area (TPSA) is 81.7 Å². The van der Waals surface area contributed by atoms with Crippen LogP contribution < -0.4 is 5.32 Å². The largest absolute Gasteiger partial charge is 0.458 e. The average Bonchev–Trinajstić information content (AvgIpc) is 2.79. The molecule has 3 atom stereocenters. The number of nitrogens with one attached hydrogen (secondary N) is 1. The minimum Gasteiger partial charge on any atom is -0.458 e. The van der Waals surface area contributed by atoms with Crippen molar-refractivity contribution in [3.05, 3.63) is 64.1 Å². The van der Waals surface area contributed by atoms with Gasteiger partial charge < -0.3 is 14.8 Å². The molecule has 6 nitrogen and oxygen atoms in total. The van der Waals surface area contributed by atoms with Crippen LogP contribution in [0.25, 0.3) is 0 Å². The van der Waals surface area contributed by atoms with E-state index in [0.717, 1.165) is 23.7 Å². The molecule has 176 valence electrons. The lowest BCUT2D eigenvalue weighted by atomic mass is 9.75. The number of anilines is 1. The number of esters is 2. The van der Waals surface area contributed by atoms with Crippen molar-refractivity contribution in [2.24, 2.45) is 17.8 Å². The second-order valence-electron chi connectivity index (χ2n) is 8.95. The second-order valence-corrected chi connectivity index (χ2v) is 9.86. The Bertz CT molecular complexity index is 988. The minimum absolute atomic E-state index is 0.0869. The molecule has 7 heteroatoms. The molecule has 0 unspecified atom stereocenters. The molecule has 0 radical (unpaired) electrons. The molecule has 0 saturated heterocycles. The molecule has 1 fully saturated rings. The van der Waals surface area contributed by atoms with Crippen LogP contribution in [-0.2, 0) is 14.3 Å². The van der Waals surface area contributed by atoms with Crippen molar-refractivity contribution in [3.63, 3.8) is 0 Å². The van der Waals surface area contributed by atoms with Crippen molar-refractivity contribution >= 4 is 39.5 Å². The van der Waals surface area contributed by atoms with Crippen molar-refractivity contribution < 1.29 is 23.9 Å². The van der Waals surface area contributed by atoms with E-state index in [1.807, 2.05) is 0 Å². The smallest absolute Gasteiger partial charge is 0.339 e. The average molecular weight is 516 g/mol. The van der Waals surface area contributed by atoms with Gasteiger partial charge in [-0.3, -0.25) is 4.79 Å². The number of carbonyl (C=O) groups excluding carboxylic acids is 3. The maximum Gasteiger partial charge on any atom is 0.339 e. The molecular weight excluding hydrogens is 486 g/mol. The summed E-state index contributed by atoms with van der Waals surface area (Å²) in [5, 5.41) is 2.66. The zero-order valence-electron chi connectivity index (χ0n) is 19.2. The summed E-state index contributed by atoms with van der Waals surface area (Å²) in [5.74, 6) is -0.562. The van der Waals surface area contributed by atoms with Gasteiger partial charge in [0.15, 0.2) is 6.61 Å². The molecule has 2 aromatic carbocycles. The Morgan fingerprint density at radius 1 is 1.00 bits per heavy atom. The quantitative estimate of drug-likeness (QED) is 0.466. The van der Waals surface area contributed by atoms with Crippen LogP contribution in [0, 0.1) is 17.8 Å². The molecule has 1 N–H and O–H groups in total. The zero-order valence-corrected chi connectivity index (χ0v) is 20.8. The SMILES string of the molecule is CC(C)[C@H]1CC[C@@H](C)C[C@@H]1OC(=O)c1ccccc1C(=O)OCC(=O)Nc1ccc(Br)cc1. The predicted molar refractivity (Wildman–Crippen MR) is 130 cm³/mol. The van der Waals surface area contributed by atoms with Gasteiger partial charge in [-0.1, -0.05) is 55.3 Å². The van der Waals surface area contributed by atoms with E-state index in [4.69, 9.17) is 9.47 Å². The van der Waals surface area contributed by atoms with Crippen molar-refractivity contribution in [2.45, 2.75) is 46.1 Å². The van der Waals surface area contributed by atoms with Crippen molar-refractivity contribution in [3.8, 4) is 0 Å². The number of amides is 1. The molecule has 1 aliphatic carbocycles. The maximum absolute atomic E-state index is 13.0. The van der Waals surface area contributed by atoms with Gasteiger partial charge in [0.25, 0.3) is 5.91 Å². The van der Waals surface area contributed by atoms with Crippen LogP contribution >= 0.6 is 15.9 Å². The number of rotatable bonds is 7. The first-order valence-electron chi connectivity index (χ1n) is 11.3. The molecule has 0 spiro atoms. The lowest BCUT2D eigenvalue weighted by molar-refractivity contribution is -0.119. The van der Waals surface area contributed by atoms with Crippen LogP contribution in [0.2, 0.25) is 0 Å². The molecule has 1 amide bonds. The number of carbonyl (C=O) groups is 3. The highest BCUT2D eigenvalue weighted by Gasteiger charge is 2.34. The van der Waals surface area contributed by atoms with Crippen molar-refractivity contribution in [1.29, 1.82) is 0 Å². The van der Waals surface area contributed by atoms with Crippen molar-refractivity contribution in [1.82, 2.24) is 0 Å². The van der Waals surface area contributed by atoms with E-state index in [9.17, 15) is 14.4 Å². The van der Waals surface area contributed by atoms with Crippen molar-refractivity contribution in [2.75, 3.05) is 11.9 Å². The van der Waals surface area contributed by atoms with Crippen LogP contribution in [0.3, 0.4) is 0 Å². The molecule has 2 aromatic rings. The molecule has 1 aliphatic rings. The third-order valence-electron chi connectivity index (χ3n) is 6.05. The molecule has 33 heavy (non-hydrogen) atoms. The van der Waals surface area contributed by atoms with E-state index in [0.29, 0.717) is 23.4 Å². The summed E-state index contributed by atoms with van der Waals surface area (Å²) in [5.41, 5.74) is 0.824. The Morgan fingerprint density at radius 3 is 2.27 bits per heavy atom. The van der Waals surface area contributed by atoms with Gasteiger partial charge in [0, 0.05) is 10.2 Å². The molecule has 0 aliphatic heterocycles. The molecule has 0 aromatic heterocycles. The monoisotopic (exact) mass is 515 g/mol. The third-order valence-corrected chi connectivity index (χ3v) is 6.58. The Hall–Kier alpha value is -2.67. The molecule has 0 heterocycles. The highest BCUT2D eigenvalue weighted by molar-refractivity contribution is 9.10. The van der Waals surface area contributed by atoms with Gasteiger partial charge in [-0.05, 0) is 67.0 Å². The third kappa shape index (κ3) is 6.90. The highest BCUT2D eigenvalue weighted by Crippen LogP contribution is 2.35. The highest BCUT2D eigenvalue weighted by atomic mass is 79.9. The minimum atomic E-state index is -0.745. The standard InChI is InChI=1S/C26H30BrNO5/c1-16(2)20-13-8-17(3)14-23(20)33-26(31)22-7-5-4-6-21(22)25(30)32-15-24(29)28-19-11-9-18(27)10-12-19/h4-7,9-12,16-17,20,23H,8,13-15H2,1-3H3,(H,28,29)/t17-,20-,23+/m1/s1. The van der Waals surface area contributed by atoms with E-state index in [-0.39, 0.29) is 17.2 Å². The fourth-order valence-electron chi connectivity index (χ4n) is 4.23. The number of ether oxygens (including phenoxy) is 2. The number of hydrogen-bond donors (Lipinski definition) is 1. The summed E-state index contributed by atoms with van der Waals surface area (Å²) in [6.07, 6.45) is 2.79. The normalized spacial score (nSPS) is 20.2. The fraction of sp³-hybridized carbons (Fsp3) is 0.423. The van der Waals surface area contributed by atoms with Gasteiger partial charge in [-0.2, -0.15) is 0 Å². The second kappa shape index (κ2) is 11.5. The number of hydrogen-bond acceptors (Lipinski definition) is 5.